The van der Waals surface area contributed by atoms with Crippen molar-refractivity contribution in [2.75, 3.05) is 25.1 Å². The monoisotopic (exact) mass is 548 g/mol. The molecule has 3 aromatic carbocycles. The maximum Gasteiger partial charge on any atom is 0.287 e. The SMILES string of the molecule is CCN(CC)c1ccc(/C=C(\NC(=O)c2ccccc2)C(=O)N/N=C\c2cc(Br)ccc2OC)cc1. The molecule has 0 aliphatic heterocycles. The van der Waals surface area contributed by atoms with Gasteiger partial charge in [0.15, 0.2) is 0 Å². The van der Waals surface area contributed by atoms with Gasteiger partial charge in [0.05, 0.1) is 13.3 Å². The fourth-order valence-electron chi connectivity index (χ4n) is 3.51. The Bertz CT molecular complexity index is 1240. The van der Waals surface area contributed by atoms with E-state index in [1.165, 1.54) is 6.21 Å². The Morgan fingerprint density at radius 1 is 1.00 bits per heavy atom. The largest absolute Gasteiger partial charge is 0.496 e. The van der Waals surface area contributed by atoms with Crippen LogP contribution in [0.4, 0.5) is 5.69 Å². The van der Waals surface area contributed by atoms with Gasteiger partial charge in [-0.05, 0) is 68.0 Å². The molecular formula is C28H29BrN4O3. The van der Waals surface area contributed by atoms with Gasteiger partial charge < -0.3 is 15.0 Å². The first-order valence-electron chi connectivity index (χ1n) is 11.5. The van der Waals surface area contributed by atoms with Crippen molar-refractivity contribution in [2.24, 2.45) is 5.10 Å². The molecule has 2 amide bonds. The summed E-state index contributed by atoms with van der Waals surface area (Å²) in [6, 6.07) is 22.0. The number of amides is 2. The molecule has 7 nitrogen and oxygen atoms in total. The van der Waals surface area contributed by atoms with E-state index in [4.69, 9.17) is 4.74 Å². The van der Waals surface area contributed by atoms with Crippen LogP contribution in [-0.4, -0.2) is 38.2 Å². The summed E-state index contributed by atoms with van der Waals surface area (Å²) in [5, 5.41) is 6.78. The number of hydrogen-bond acceptors (Lipinski definition) is 5. The van der Waals surface area contributed by atoms with Gasteiger partial charge in [-0.3, -0.25) is 9.59 Å². The highest BCUT2D eigenvalue weighted by Crippen LogP contribution is 2.21. The number of nitrogens with zero attached hydrogens (tertiary/aromatic N) is 2. The summed E-state index contributed by atoms with van der Waals surface area (Å²) in [6.45, 7) is 5.99. The van der Waals surface area contributed by atoms with E-state index in [0.717, 1.165) is 28.8 Å². The van der Waals surface area contributed by atoms with Crippen LogP contribution in [0, 0.1) is 0 Å². The Hall–Kier alpha value is -3.91. The molecule has 0 aliphatic rings. The van der Waals surface area contributed by atoms with Gasteiger partial charge in [-0.15, -0.1) is 0 Å². The van der Waals surface area contributed by atoms with Crippen LogP contribution in [0.2, 0.25) is 0 Å². The highest BCUT2D eigenvalue weighted by molar-refractivity contribution is 9.10. The van der Waals surface area contributed by atoms with E-state index < -0.39 is 11.8 Å². The van der Waals surface area contributed by atoms with Crippen molar-refractivity contribution in [3.63, 3.8) is 0 Å². The van der Waals surface area contributed by atoms with Crippen molar-refractivity contribution < 1.29 is 14.3 Å². The first-order chi connectivity index (χ1) is 17.4. The molecule has 3 aromatic rings. The van der Waals surface area contributed by atoms with Crippen LogP contribution in [0.1, 0.15) is 35.3 Å². The van der Waals surface area contributed by atoms with Crippen molar-refractivity contribution in [3.05, 3.63) is 99.7 Å². The van der Waals surface area contributed by atoms with E-state index in [0.29, 0.717) is 16.9 Å². The third-order valence-corrected chi connectivity index (χ3v) is 5.92. The average Bonchev–Trinajstić information content (AvgIpc) is 2.90. The summed E-state index contributed by atoms with van der Waals surface area (Å²) in [7, 11) is 1.56. The highest BCUT2D eigenvalue weighted by atomic mass is 79.9. The van der Waals surface area contributed by atoms with Gasteiger partial charge >= 0.3 is 0 Å². The number of nitrogens with one attached hydrogen (secondary N) is 2. The number of halogens is 1. The van der Waals surface area contributed by atoms with Crippen molar-refractivity contribution in [1.29, 1.82) is 0 Å². The molecule has 8 heteroatoms. The number of rotatable bonds is 10. The van der Waals surface area contributed by atoms with Gasteiger partial charge in [-0.2, -0.15) is 5.10 Å². The molecule has 0 bridgehead atoms. The molecule has 0 aromatic heterocycles. The van der Waals surface area contributed by atoms with Crippen LogP contribution in [0.15, 0.2) is 88.1 Å². The second-order valence-electron chi connectivity index (χ2n) is 7.73. The van der Waals surface area contributed by atoms with Crippen LogP contribution < -0.4 is 20.4 Å². The van der Waals surface area contributed by atoms with Crippen LogP contribution in [0.5, 0.6) is 5.75 Å². The standard InChI is InChI=1S/C28H29BrN4O3/c1-4-33(5-2)24-14-11-20(12-15-24)17-25(31-27(34)21-9-7-6-8-10-21)28(35)32-30-19-22-18-23(29)13-16-26(22)36-3/h6-19H,4-5H2,1-3H3,(H,31,34)(H,32,35)/b25-17-,30-19-. The van der Waals surface area contributed by atoms with E-state index in [2.05, 4.69) is 50.5 Å². The molecular weight excluding hydrogens is 520 g/mol. The third-order valence-electron chi connectivity index (χ3n) is 5.42. The van der Waals surface area contributed by atoms with Gasteiger partial charge in [0.1, 0.15) is 11.4 Å². The lowest BCUT2D eigenvalue weighted by molar-refractivity contribution is -0.117. The number of benzene rings is 3. The van der Waals surface area contributed by atoms with E-state index in [1.807, 2.05) is 42.5 Å². The summed E-state index contributed by atoms with van der Waals surface area (Å²) in [4.78, 5) is 28.1. The number of anilines is 1. The lowest BCUT2D eigenvalue weighted by Gasteiger charge is -2.21. The molecule has 0 spiro atoms. The lowest BCUT2D eigenvalue weighted by atomic mass is 10.1. The van der Waals surface area contributed by atoms with Gasteiger partial charge in [0.25, 0.3) is 11.8 Å². The third kappa shape index (κ3) is 7.29. The van der Waals surface area contributed by atoms with Gasteiger partial charge in [-0.1, -0.05) is 46.3 Å². The number of methoxy groups -OCH3 is 1. The summed E-state index contributed by atoms with van der Waals surface area (Å²) in [5.74, 6) is -0.343. The molecule has 0 heterocycles. The predicted molar refractivity (Wildman–Crippen MR) is 148 cm³/mol. The van der Waals surface area contributed by atoms with Crippen LogP contribution in [0.3, 0.4) is 0 Å². The first-order valence-corrected chi connectivity index (χ1v) is 12.3. The Balaban J connectivity index is 1.85. The lowest BCUT2D eigenvalue weighted by Crippen LogP contribution is -2.32. The number of hydrogen-bond donors (Lipinski definition) is 2. The number of carbonyl (C=O) groups excluding carboxylic acids is 2. The fourth-order valence-corrected chi connectivity index (χ4v) is 3.88. The predicted octanol–water partition coefficient (Wildman–Crippen LogP) is 5.23. The van der Waals surface area contributed by atoms with Crippen LogP contribution in [0.25, 0.3) is 6.08 Å². The Morgan fingerprint density at radius 2 is 1.69 bits per heavy atom. The van der Waals surface area contributed by atoms with E-state index in [9.17, 15) is 9.59 Å². The average molecular weight is 549 g/mol. The second kappa shape index (κ2) is 13.3. The maximum absolute atomic E-state index is 13.0. The Kier molecular flexibility index (Phi) is 9.82. The second-order valence-corrected chi connectivity index (χ2v) is 8.64. The molecule has 0 saturated carbocycles. The molecule has 186 valence electrons. The van der Waals surface area contributed by atoms with Crippen molar-refractivity contribution >= 4 is 45.7 Å². The van der Waals surface area contributed by atoms with Crippen molar-refractivity contribution in [3.8, 4) is 5.75 Å². The molecule has 0 aliphatic carbocycles. The molecule has 0 atom stereocenters. The van der Waals surface area contributed by atoms with Crippen molar-refractivity contribution in [1.82, 2.24) is 10.7 Å². The van der Waals surface area contributed by atoms with Gasteiger partial charge in [-0.25, -0.2) is 5.43 Å². The highest BCUT2D eigenvalue weighted by Gasteiger charge is 2.14. The zero-order valence-electron chi connectivity index (χ0n) is 20.5. The molecule has 0 radical (unpaired) electrons. The van der Waals surface area contributed by atoms with Crippen LogP contribution >= 0.6 is 15.9 Å². The number of carbonyl (C=O) groups is 2. The van der Waals surface area contributed by atoms with Gasteiger partial charge in [0, 0.05) is 34.4 Å². The Morgan fingerprint density at radius 3 is 2.33 bits per heavy atom. The van der Waals surface area contributed by atoms with Gasteiger partial charge in [0.2, 0.25) is 0 Å². The van der Waals surface area contributed by atoms with E-state index in [-0.39, 0.29) is 5.70 Å². The van der Waals surface area contributed by atoms with E-state index in [1.54, 1.807) is 43.5 Å². The fraction of sp³-hybridized carbons (Fsp3) is 0.179. The zero-order chi connectivity index (χ0) is 25.9. The van der Waals surface area contributed by atoms with Crippen molar-refractivity contribution in [2.45, 2.75) is 13.8 Å². The van der Waals surface area contributed by atoms with E-state index >= 15 is 0 Å². The minimum absolute atomic E-state index is 0.0674. The minimum Gasteiger partial charge on any atom is -0.496 e. The summed E-state index contributed by atoms with van der Waals surface area (Å²) in [5.41, 5.74) is 5.53. The molecule has 3 rings (SSSR count). The summed E-state index contributed by atoms with van der Waals surface area (Å²) < 4.78 is 6.18. The quantitative estimate of drug-likeness (QED) is 0.206. The first kappa shape index (κ1) is 26.7. The minimum atomic E-state index is -0.558. The molecule has 36 heavy (non-hydrogen) atoms. The molecule has 2 N–H and O–H groups in total. The molecule has 0 fully saturated rings. The number of ether oxygens (including phenoxy) is 1. The maximum atomic E-state index is 13.0. The summed E-state index contributed by atoms with van der Waals surface area (Å²) >= 11 is 3.41. The normalized spacial score (nSPS) is 11.3. The summed E-state index contributed by atoms with van der Waals surface area (Å²) in [6.07, 6.45) is 3.11. The number of hydrazone groups is 1. The van der Waals surface area contributed by atoms with Crippen LogP contribution in [-0.2, 0) is 4.79 Å². The molecule has 0 unspecified atom stereocenters. The molecule has 0 saturated heterocycles. The topological polar surface area (TPSA) is 83.0 Å². The Labute approximate surface area is 220 Å². The zero-order valence-corrected chi connectivity index (χ0v) is 22.1. The smallest absolute Gasteiger partial charge is 0.287 e.